The van der Waals surface area contributed by atoms with Crippen LogP contribution in [0.4, 0.5) is 14.5 Å². The first-order valence-electron chi connectivity index (χ1n) is 4.40. The number of alkyl halides is 2. The molecule has 0 saturated carbocycles. The van der Waals surface area contributed by atoms with Crippen molar-refractivity contribution in [3.8, 4) is 5.75 Å². The van der Waals surface area contributed by atoms with Gasteiger partial charge in [0.1, 0.15) is 5.75 Å². The summed E-state index contributed by atoms with van der Waals surface area (Å²) in [5.74, 6) is 0.148. The maximum absolute atomic E-state index is 12.1. The van der Waals surface area contributed by atoms with Gasteiger partial charge in [-0.25, -0.2) is 0 Å². The molecule has 2 aromatic rings. The highest BCUT2D eigenvalue weighted by Crippen LogP contribution is 2.30. The van der Waals surface area contributed by atoms with Crippen LogP contribution in [0.2, 0.25) is 0 Å². The topological polar surface area (TPSA) is 35.2 Å². The van der Waals surface area contributed by atoms with E-state index >= 15 is 0 Å². The van der Waals surface area contributed by atoms with Gasteiger partial charge in [0.15, 0.2) is 0 Å². The van der Waals surface area contributed by atoms with E-state index in [1.807, 2.05) is 0 Å². The van der Waals surface area contributed by atoms with Gasteiger partial charge in [-0.2, -0.15) is 8.78 Å². The molecule has 2 rings (SSSR count). The maximum Gasteiger partial charge on any atom is 0.387 e. The van der Waals surface area contributed by atoms with E-state index in [-0.39, 0.29) is 5.75 Å². The third kappa shape index (κ3) is 1.83. The molecule has 0 aliphatic rings. The normalized spacial score (nSPS) is 10.9. The molecule has 0 heterocycles. The molecule has 2 N–H and O–H groups in total. The SMILES string of the molecule is Nc1ccc(OC(F)F)c2ccccc12. The molecular formula is C11H9F2NO. The fraction of sp³-hybridized carbons (Fsp3) is 0.0909. The molecule has 78 valence electrons. The fourth-order valence-electron chi connectivity index (χ4n) is 1.49. The van der Waals surface area contributed by atoms with E-state index in [1.54, 1.807) is 30.3 Å². The number of fused-ring (bicyclic) bond motifs is 1. The van der Waals surface area contributed by atoms with Crippen molar-refractivity contribution in [3.63, 3.8) is 0 Å². The van der Waals surface area contributed by atoms with Crippen LogP contribution in [0.25, 0.3) is 10.8 Å². The number of hydrogen-bond donors (Lipinski definition) is 1. The first-order valence-corrected chi connectivity index (χ1v) is 4.40. The van der Waals surface area contributed by atoms with Gasteiger partial charge in [-0.3, -0.25) is 0 Å². The van der Waals surface area contributed by atoms with Gasteiger partial charge in [0.25, 0.3) is 0 Å². The molecule has 0 spiro atoms. The standard InChI is InChI=1S/C11H9F2NO/c12-11(13)15-10-6-5-9(14)7-3-1-2-4-8(7)10/h1-6,11H,14H2. The Kier molecular flexibility index (Phi) is 2.41. The van der Waals surface area contributed by atoms with Crippen LogP contribution >= 0.6 is 0 Å². The van der Waals surface area contributed by atoms with Gasteiger partial charge in [0.2, 0.25) is 0 Å². The van der Waals surface area contributed by atoms with Crippen molar-refractivity contribution in [3.05, 3.63) is 36.4 Å². The maximum atomic E-state index is 12.1. The van der Waals surface area contributed by atoms with Crippen LogP contribution in [-0.4, -0.2) is 6.61 Å². The summed E-state index contributed by atoms with van der Waals surface area (Å²) in [6, 6.07) is 10.0. The molecule has 0 aliphatic heterocycles. The Hall–Kier alpha value is -1.84. The summed E-state index contributed by atoms with van der Waals surface area (Å²) in [4.78, 5) is 0. The van der Waals surface area contributed by atoms with Gasteiger partial charge in [0.05, 0.1) is 0 Å². The van der Waals surface area contributed by atoms with Crippen molar-refractivity contribution in [1.82, 2.24) is 0 Å². The smallest absolute Gasteiger partial charge is 0.387 e. The number of benzene rings is 2. The lowest BCUT2D eigenvalue weighted by Crippen LogP contribution is -2.02. The number of anilines is 1. The lowest BCUT2D eigenvalue weighted by Gasteiger charge is -2.09. The number of halogens is 2. The van der Waals surface area contributed by atoms with Crippen LogP contribution in [-0.2, 0) is 0 Å². The molecule has 0 radical (unpaired) electrons. The minimum Gasteiger partial charge on any atom is -0.434 e. The van der Waals surface area contributed by atoms with Crippen molar-refractivity contribution >= 4 is 16.5 Å². The number of nitrogens with two attached hydrogens (primary N) is 1. The van der Waals surface area contributed by atoms with Crippen molar-refractivity contribution in [2.75, 3.05) is 5.73 Å². The molecule has 2 nitrogen and oxygen atoms in total. The molecule has 0 saturated heterocycles. The van der Waals surface area contributed by atoms with Crippen LogP contribution < -0.4 is 10.5 Å². The van der Waals surface area contributed by atoms with E-state index in [2.05, 4.69) is 4.74 Å². The average Bonchev–Trinajstić information content (AvgIpc) is 2.22. The van der Waals surface area contributed by atoms with Gasteiger partial charge in [-0.05, 0) is 12.1 Å². The van der Waals surface area contributed by atoms with Crippen LogP contribution in [0.1, 0.15) is 0 Å². The van der Waals surface area contributed by atoms with Gasteiger partial charge < -0.3 is 10.5 Å². The van der Waals surface area contributed by atoms with E-state index < -0.39 is 6.61 Å². The number of ether oxygens (including phenoxy) is 1. The molecule has 0 bridgehead atoms. The highest BCUT2D eigenvalue weighted by Gasteiger charge is 2.09. The second-order valence-electron chi connectivity index (χ2n) is 3.08. The third-order valence-electron chi connectivity index (χ3n) is 2.13. The minimum absolute atomic E-state index is 0.148. The minimum atomic E-state index is -2.82. The molecule has 0 amide bonds. The molecule has 0 fully saturated rings. The van der Waals surface area contributed by atoms with Crippen LogP contribution in [0.15, 0.2) is 36.4 Å². The molecule has 0 aromatic heterocycles. The Balaban J connectivity index is 2.61. The van der Waals surface area contributed by atoms with Crippen LogP contribution in [0.3, 0.4) is 0 Å². The van der Waals surface area contributed by atoms with Crippen LogP contribution in [0, 0.1) is 0 Å². The zero-order valence-electron chi connectivity index (χ0n) is 7.78. The van der Waals surface area contributed by atoms with Crippen molar-refractivity contribution in [2.45, 2.75) is 6.61 Å². The Labute approximate surface area is 85.3 Å². The predicted molar refractivity (Wildman–Crippen MR) is 55.0 cm³/mol. The molecule has 4 heteroatoms. The van der Waals surface area contributed by atoms with E-state index in [4.69, 9.17) is 5.73 Å². The predicted octanol–water partition coefficient (Wildman–Crippen LogP) is 3.02. The number of rotatable bonds is 2. The van der Waals surface area contributed by atoms with E-state index in [9.17, 15) is 8.78 Å². The third-order valence-corrected chi connectivity index (χ3v) is 2.13. The lowest BCUT2D eigenvalue weighted by molar-refractivity contribution is -0.0487. The monoisotopic (exact) mass is 209 g/mol. The molecule has 0 atom stereocenters. The Morgan fingerprint density at radius 2 is 1.67 bits per heavy atom. The Morgan fingerprint density at radius 1 is 1.00 bits per heavy atom. The van der Waals surface area contributed by atoms with Crippen molar-refractivity contribution < 1.29 is 13.5 Å². The lowest BCUT2D eigenvalue weighted by atomic mass is 10.1. The van der Waals surface area contributed by atoms with Gasteiger partial charge in [-0.1, -0.05) is 24.3 Å². The molecule has 0 aliphatic carbocycles. The summed E-state index contributed by atoms with van der Waals surface area (Å²) in [5, 5.41) is 1.31. The largest absolute Gasteiger partial charge is 0.434 e. The summed E-state index contributed by atoms with van der Waals surface area (Å²) in [5.41, 5.74) is 6.26. The summed E-state index contributed by atoms with van der Waals surface area (Å²) in [6.07, 6.45) is 0. The average molecular weight is 209 g/mol. The van der Waals surface area contributed by atoms with Crippen molar-refractivity contribution in [2.24, 2.45) is 0 Å². The molecule has 2 aromatic carbocycles. The summed E-state index contributed by atoms with van der Waals surface area (Å²) >= 11 is 0. The quantitative estimate of drug-likeness (QED) is 0.771. The van der Waals surface area contributed by atoms with Gasteiger partial charge >= 0.3 is 6.61 Å². The van der Waals surface area contributed by atoms with Gasteiger partial charge in [-0.15, -0.1) is 0 Å². The molecule has 0 unspecified atom stereocenters. The zero-order chi connectivity index (χ0) is 10.8. The highest BCUT2D eigenvalue weighted by molar-refractivity contribution is 5.96. The first-order chi connectivity index (χ1) is 7.18. The van der Waals surface area contributed by atoms with E-state index in [0.29, 0.717) is 11.1 Å². The highest BCUT2D eigenvalue weighted by atomic mass is 19.3. The second kappa shape index (κ2) is 3.73. The summed E-state index contributed by atoms with van der Waals surface area (Å²) < 4.78 is 28.6. The number of nitrogen functional groups attached to an aromatic ring is 1. The van der Waals surface area contributed by atoms with Gasteiger partial charge in [0, 0.05) is 16.5 Å². The second-order valence-corrected chi connectivity index (χ2v) is 3.08. The van der Waals surface area contributed by atoms with E-state index in [1.165, 1.54) is 6.07 Å². The van der Waals surface area contributed by atoms with E-state index in [0.717, 1.165) is 5.39 Å². The summed E-state index contributed by atoms with van der Waals surface area (Å²) in [6.45, 7) is -2.82. The van der Waals surface area contributed by atoms with Crippen molar-refractivity contribution in [1.29, 1.82) is 0 Å². The van der Waals surface area contributed by atoms with Crippen LogP contribution in [0.5, 0.6) is 5.75 Å². The first kappa shape index (κ1) is 9.71. The molecule has 15 heavy (non-hydrogen) atoms. The summed E-state index contributed by atoms with van der Waals surface area (Å²) in [7, 11) is 0. The Bertz CT molecular complexity index is 485. The fourth-order valence-corrected chi connectivity index (χ4v) is 1.49. The zero-order valence-corrected chi connectivity index (χ0v) is 7.78. The molecular weight excluding hydrogens is 200 g/mol. The Morgan fingerprint density at radius 3 is 2.33 bits per heavy atom. The number of hydrogen-bond acceptors (Lipinski definition) is 2.